The van der Waals surface area contributed by atoms with Gasteiger partial charge in [-0.3, -0.25) is 4.68 Å². The topological polar surface area (TPSA) is 47.1 Å². The summed E-state index contributed by atoms with van der Waals surface area (Å²) >= 11 is 0. The van der Waals surface area contributed by atoms with Crippen LogP contribution in [0.5, 0.6) is 0 Å². The second kappa shape index (κ2) is 3.68. The highest BCUT2D eigenvalue weighted by Gasteiger charge is 2.14. The van der Waals surface area contributed by atoms with Crippen LogP contribution in [0.1, 0.15) is 20.8 Å². The van der Waals surface area contributed by atoms with Gasteiger partial charge < -0.3 is 10.6 Å². The molecule has 1 heterocycles. The maximum Gasteiger partial charge on any atom is 0.174 e. The summed E-state index contributed by atoms with van der Waals surface area (Å²) in [6.45, 7) is 7.31. The first-order valence-electron chi connectivity index (χ1n) is 4.62. The molecule has 4 heteroatoms. The van der Waals surface area contributed by atoms with Crippen molar-refractivity contribution in [3.63, 3.8) is 0 Å². The average Bonchev–Trinajstić information content (AvgIpc) is 2.31. The SMILES string of the molecule is CCN(c1nn(C)cc1N)C(C)C. The Hall–Kier alpha value is -1.19. The smallest absolute Gasteiger partial charge is 0.174 e. The van der Waals surface area contributed by atoms with E-state index in [0.29, 0.717) is 6.04 Å². The molecule has 0 bridgehead atoms. The Kier molecular flexibility index (Phi) is 2.80. The Morgan fingerprint density at radius 3 is 2.54 bits per heavy atom. The third-order valence-electron chi connectivity index (χ3n) is 2.07. The highest BCUT2D eigenvalue weighted by molar-refractivity contribution is 5.62. The molecule has 0 amide bonds. The molecule has 0 aliphatic heterocycles. The van der Waals surface area contributed by atoms with Gasteiger partial charge in [0.25, 0.3) is 0 Å². The summed E-state index contributed by atoms with van der Waals surface area (Å²) in [4.78, 5) is 2.18. The summed E-state index contributed by atoms with van der Waals surface area (Å²) < 4.78 is 1.75. The van der Waals surface area contributed by atoms with Crippen molar-refractivity contribution in [2.75, 3.05) is 17.2 Å². The fourth-order valence-electron chi connectivity index (χ4n) is 1.48. The number of hydrogen-bond donors (Lipinski definition) is 1. The summed E-state index contributed by atoms with van der Waals surface area (Å²) in [6, 6.07) is 0.433. The average molecular weight is 182 g/mol. The van der Waals surface area contributed by atoms with E-state index in [1.807, 2.05) is 13.2 Å². The van der Waals surface area contributed by atoms with Gasteiger partial charge in [-0.25, -0.2) is 0 Å². The van der Waals surface area contributed by atoms with Gasteiger partial charge in [0.1, 0.15) is 0 Å². The molecule has 0 spiro atoms. The van der Waals surface area contributed by atoms with Gasteiger partial charge in [-0.1, -0.05) is 0 Å². The maximum atomic E-state index is 5.83. The molecule has 0 saturated heterocycles. The van der Waals surface area contributed by atoms with E-state index < -0.39 is 0 Å². The molecule has 0 aliphatic rings. The van der Waals surface area contributed by atoms with Crippen LogP contribution in [0, 0.1) is 0 Å². The molecule has 13 heavy (non-hydrogen) atoms. The molecule has 0 unspecified atom stereocenters. The lowest BCUT2D eigenvalue weighted by atomic mass is 10.3. The minimum Gasteiger partial charge on any atom is -0.394 e. The van der Waals surface area contributed by atoms with E-state index in [2.05, 4.69) is 30.8 Å². The van der Waals surface area contributed by atoms with Crippen molar-refractivity contribution in [2.45, 2.75) is 26.8 Å². The largest absolute Gasteiger partial charge is 0.394 e. The molecule has 1 aromatic heterocycles. The zero-order valence-electron chi connectivity index (χ0n) is 8.78. The summed E-state index contributed by atoms with van der Waals surface area (Å²) in [7, 11) is 1.88. The maximum absolute atomic E-state index is 5.83. The quantitative estimate of drug-likeness (QED) is 0.765. The molecule has 2 N–H and O–H groups in total. The van der Waals surface area contributed by atoms with Crippen LogP contribution < -0.4 is 10.6 Å². The minimum absolute atomic E-state index is 0.433. The summed E-state index contributed by atoms with van der Waals surface area (Å²) in [5.74, 6) is 0.889. The van der Waals surface area contributed by atoms with Gasteiger partial charge in [0.05, 0.1) is 5.69 Å². The Labute approximate surface area is 79.3 Å². The lowest BCUT2D eigenvalue weighted by molar-refractivity contribution is 0.674. The molecule has 0 radical (unpaired) electrons. The van der Waals surface area contributed by atoms with Crippen molar-refractivity contribution in [1.29, 1.82) is 0 Å². The van der Waals surface area contributed by atoms with Crippen LogP contribution in [0.25, 0.3) is 0 Å². The van der Waals surface area contributed by atoms with Gasteiger partial charge in [-0.05, 0) is 20.8 Å². The Bertz CT molecular complexity index is 277. The summed E-state index contributed by atoms with van der Waals surface area (Å²) in [6.07, 6.45) is 1.83. The van der Waals surface area contributed by atoms with Crippen LogP contribution in [-0.2, 0) is 7.05 Å². The first-order valence-corrected chi connectivity index (χ1v) is 4.62. The number of nitrogen functional groups attached to an aromatic ring is 1. The zero-order valence-corrected chi connectivity index (χ0v) is 8.78. The number of nitrogens with zero attached hydrogens (tertiary/aromatic N) is 3. The van der Waals surface area contributed by atoms with Crippen molar-refractivity contribution in [2.24, 2.45) is 7.05 Å². The second-order valence-electron chi connectivity index (χ2n) is 3.46. The zero-order chi connectivity index (χ0) is 10.0. The number of nitrogens with two attached hydrogens (primary N) is 1. The minimum atomic E-state index is 0.433. The van der Waals surface area contributed by atoms with Crippen LogP contribution in [0.15, 0.2) is 6.20 Å². The number of rotatable bonds is 3. The Morgan fingerprint density at radius 2 is 2.23 bits per heavy atom. The standard InChI is InChI=1S/C9H18N4/c1-5-13(7(2)3)9-8(10)6-12(4)11-9/h6-7H,5,10H2,1-4H3. The van der Waals surface area contributed by atoms with E-state index in [9.17, 15) is 0 Å². The van der Waals surface area contributed by atoms with E-state index >= 15 is 0 Å². The van der Waals surface area contributed by atoms with E-state index in [4.69, 9.17) is 5.73 Å². The van der Waals surface area contributed by atoms with Gasteiger partial charge in [0.15, 0.2) is 5.82 Å². The Morgan fingerprint density at radius 1 is 1.62 bits per heavy atom. The van der Waals surface area contributed by atoms with Crippen LogP contribution in [0.4, 0.5) is 11.5 Å². The molecule has 1 aromatic rings. The lowest BCUT2D eigenvalue weighted by Gasteiger charge is -2.25. The first-order chi connectivity index (χ1) is 6.06. The molecule has 0 atom stereocenters. The molecule has 74 valence electrons. The normalized spacial score (nSPS) is 10.8. The van der Waals surface area contributed by atoms with Crippen molar-refractivity contribution in [3.8, 4) is 0 Å². The summed E-state index contributed by atoms with van der Waals surface area (Å²) in [5.41, 5.74) is 6.58. The molecule has 0 aromatic carbocycles. The predicted molar refractivity (Wildman–Crippen MR) is 55.8 cm³/mol. The molecule has 0 aliphatic carbocycles. The second-order valence-corrected chi connectivity index (χ2v) is 3.46. The fourth-order valence-corrected chi connectivity index (χ4v) is 1.48. The number of hydrogen-bond acceptors (Lipinski definition) is 3. The van der Waals surface area contributed by atoms with Crippen molar-refractivity contribution in [3.05, 3.63) is 6.20 Å². The third-order valence-corrected chi connectivity index (χ3v) is 2.07. The molecule has 0 fully saturated rings. The molecule has 4 nitrogen and oxygen atoms in total. The van der Waals surface area contributed by atoms with Gasteiger partial charge in [-0.2, -0.15) is 5.10 Å². The monoisotopic (exact) mass is 182 g/mol. The number of anilines is 2. The Balaban J connectivity index is 2.97. The third kappa shape index (κ3) is 1.94. The molecule has 1 rings (SSSR count). The highest BCUT2D eigenvalue weighted by Crippen LogP contribution is 2.21. The van der Waals surface area contributed by atoms with Gasteiger partial charge in [-0.15, -0.1) is 0 Å². The van der Waals surface area contributed by atoms with Crippen LogP contribution in [-0.4, -0.2) is 22.4 Å². The summed E-state index contributed by atoms with van der Waals surface area (Å²) in [5, 5.41) is 4.32. The van der Waals surface area contributed by atoms with Crippen LogP contribution in [0.2, 0.25) is 0 Å². The van der Waals surface area contributed by atoms with E-state index in [0.717, 1.165) is 18.1 Å². The fraction of sp³-hybridized carbons (Fsp3) is 0.667. The number of aryl methyl sites for hydroxylation is 1. The predicted octanol–water partition coefficient (Wildman–Crippen LogP) is 1.24. The number of aromatic nitrogens is 2. The van der Waals surface area contributed by atoms with Crippen molar-refractivity contribution in [1.82, 2.24) is 9.78 Å². The van der Waals surface area contributed by atoms with E-state index in [1.165, 1.54) is 0 Å². The molecular weight excluding hydrogens is 164 g/mol. The van der Waals surface area contributed by atoms with Gasteiger partial charge in [0, 0.05) is 25.8 Å². The van der Waals surface area contributed by atoms with E-state index in [1.54, 1.807) is 4.68 Å². The molecule has 0 saturated carbocycles. The van der Waals surface area contributed by atoms with Crippen molar-refractivity contribution >= 4 is 11.5 Å². The molecular formula is C9H18N4. The van der Waals surface area contributed by atoms with Crippen LogP contribution >= 0.6 is 0 Å². The first kappa shape index (κ1) is 9.89. The van der Waals surface area contributed by atoms with Crippen molar-refractivity contribution < 1.29 is 0 Å². The van der Waals surface area contributed by atoms with E-state index in [-0.39, 0.29) is 0 Å². The van der Waals surface area contributed by atoms with Gasteiger partial charge >= 0.3 is 0 Å². The van der Waals surface area contributed by atoms with Crippen LogP contribution in [0.3, 0.4) is 0 Å². The van der Waals surface area contributed by atoms with Gasteiger partial charge in [0.2, 0.25) is 0 Å². The lowest BCUT2D eigenvalue weighted by Crippen LogP contribution is -2.31. The highest BCUT2D eigenvalue weighted by atomic mass is 15.3.